The molecule has 2 aromatic carbocycles. The maximum Gasteiger partial charge on any atom is 0.219 e. The van der Waals surface area contributed by atoms with Crippen LogP contribution in [0.15, 0.2) is 85.0 Å². The Morgan fingerprint density at radius 1 is 1.03 bits per heavy atom. The van der Waals surface area contributed by atoms with Gasteiger partial charge < -0.3 is 38.8 Å². The van der Waals surface area contributed by atoms with Gasteiger partial charge in [-0.3, -0.25) is 19.2 Å². The van der Waals surface area contributed by atoms with Crippen molar-refractivity contribution < 1.29 is 43.6 Å². The molecule has 1 amide bonds. The maximum atomic E-state index is 13.3. The number of carbonyl (C=O) groups excluding carboxylic acids is 4. The highest BCUT2D eigenvalue weighted by atomic mass is 35.5. The summed E-state index contributed by atoms with van der Waals surface area (Å²) in [5, 5.41) is 21.5. The van der Waals surface area contributed by atoms with Crippen LogP contribution in [-0.2, 0) is 41.0 Å². The van der Waals surface area contributed by atoms with Gasteiger partial charge in [-0.25, -0.2) is 4.98 Å². The molecule has 4 aliphatic carbocycles. The lowest BCUT2D eigenvalue weighted by Crippen LogP contribution is -2.60. The van der Waals surface area contributed by atoms with Gasteiger partial charge in [-0.1, -0.05) is 54.8 Å². The van der Waals surface area contributed by atoms with Gasteiger partial charge in [-0.15, -0.1) is 0 Å². The number of ketones is 3. The number of carbonyl (C=O) groups is 4. The van der Waals surface area contributed by atoms with Crippen molar-refractivity contribution in [3.8, 4) is 5.75 Å². The van der Waals surface area contributed by atoms with Crippen LogP contribution in [0.2, 0.25) is 10.0 Å². The standard InChI is InChI=1S/C26H28Cl2N4O4.C21H26O5/c1-19(33)31-10-12-32(13-11-31)21-3-5-22(6-4-21)34-15-23-16-35-26(36-23,17-30-9-8-29-18-30)24-7-2-20(27)14-25(24)28;1-19-7-5-13(23)9-12(19)3-4-14-15-6-8-21(26,17(25)11-22)20(15,2)10-16(24)18(14)19/h2-9,14,18,23H,10-13,15-17H2,1H3;5,7,9,14-15,18,22,26H,3-4,6,8,10-11H2,1-2H3/t23-,26-;14-,15-,18+,19-,20-,21-/m00/s1. The van der Waals surface area contributed by atoms with Gasteiger partial charge in [0.05, 0.1) is 24.5 Å². The van der Waals surface area contributed by atoms with Crippen LogP contribution in [0.25, 0.3) is 0 Å². The third-order valence-electron chi connectivity index (χ3n) is 14.5. The summed E-state index contributed by atoms with van der Waals surface area (Å²) in [7, 11) is 0. The largest absolute Gasteiger partial charge is 0.491 e. The number of hydrogen-bond donors (Lipinski definition) is 2. The van der Waals surface area contributed by atoms with Crippen molar-refractivity contribution in [2.45, 2.75) is 76.9 Å². The molecular weight excluding hydrogens is 835 g/mol. The van der Waals surface area contributed by atoms with Crippen LogP contribution in [0, 0.1) is 28.6 Å². The minimum absolute atomic E-state index is 0.0206. The van der Waals surface area contributed by atoms with Crippen LogP contribution >= 0.6 is 23.2 Å². The number of nitrogens with zero attached hydrogens (tertiary/aromatic N) is 4. The van der Waals surface area contributed by atoms with E-state index >= 15 is 0 Å². The van der Waals surface area contributed by atoms with Gasteiger partial charge >= 0.3 is 0 Å². The van der Waals surface area contributed by atoms with Crippen LogP contribution < -0.4 is 9.64 Å². The van der Waals surface area contributed by atoms with Crippen LogP contribution in [-0.4, -0.2) is 106 Å². The second kappa shape index (κ2) is 17.3. The summed E-state index contributed by atoms with van der Waals surface area (Å²) in [6, 6.07) is 13.3. The Balaban J connectivity index is 0.000000180. The number of allylic oxidation sites excluding steroid dienone is 4. The van der Waals surface area contributed by atoms with Gasteiger partial charge in [-0.2, -0.15) is 0 Å². The molecule has 1 aromatic heterocycles. The zero-order chi connectivity index (χ0) is 44.0. The molecule has 0 radical (unpaired) electrons. The molecule has 15 heteroatoms. The number of aliphatic hydroxyl groups is 2. The van der Waals surface area contributed by atoms with E-state index in [4.69, 9.17) is 37.4 Å². The Bertz CT molecular complexity index is 2260. The number of ether oxygens (including phenoxy) is 3. The molecule has 9 rings (SSSR count). The lowest BCUT2D eigenvalue weighted by Gasteiger charge is -2.56. The molecule has 0 unspecified atom stereocenters. The van der Waals surface area contributed by atoms with Crippen molar-refractivity contribution in [3.63, 3.8) is 0 Å². The van der Waals surface area contributed by atoms with Gasteiger partial charge in [0.25, 0.3) is 0 Å². The zero-order valence-electron chi connectivity index (χ0n) is 35.3. The first-order valence-corrected chi connectivity index (χ1v) is 22.1. The molecule has 5 fully saturated rings. The molecule has 0 bridgehead atoms. The number of anilines is 1. The molecule has 6 aliphatic rings. The number of aliphatic hydroxyl groups excluding tert-OH is 1. The molecule has 330 valence electrons. The third-order valence-corrected chi connectivity index (χ3v) is 15.1. The van der Waals surface area contributed by atoms with Crippen molar-refractivity contribution in [3.05, 3.63) is 101 Å². The predicted molar refractivity (Wildman–Crippen MR) is 232 cm³/mol. The summed E-state index contributed by atoms with van der Waals surface area (Å²) in [5.74, 6) is -0.791. The van der Waals surface area contributed by atoms with E-state index in [1.807, 2.05) is 65.9 Å². The monoisotopic (exact) mass is 888 g/mol. The summed E-state index contributed by atoms with van der Waals surface area (Å²) in [5.41, 5.74) is -0.0411. The summed E-state index contributed by atoms with van der Waals surface area (Å²) in [4.78, 5) is 57.2. The number of piperazine rings is 1. The lowest BCUT2D eigenvalue weighted by atomic mass is 9.46. The van der Waals surface area contributed by atoms with Crippen molar-refractivity contribution in [1.82, 2.24) is 14.5 Å². The van der Waals surface area contributed by atoms with E-state index in [1.165, 1.54) is 0 Å². The van der Waals surface area contributed by atoms with Gasteiger partial charge in [0.15, 0.2) is 11.6 Å². The average Bonchev–Trinajstić information content (AvgIpc) is 3.99. The summed E-state index contributed by atoms with van der Waals surface area (Å²) < 4.78 is 20.6. The minimum Gasteiger partial charge on any atom is -0.491 e. The second-order valence-corrected chi connectivity index (χ2v) is 18.8. The van der Waals surface area contributed by atoms with Gasteiger partial charge in [0.2, 0.25) is 11.7 Å². The van der Waals surface area contributed by atoms with E-state index < -0.39 is 34.6 Å². The fraction of sp³-hybridized carbons (Fsp3) is 0.511. The molecular formula is C47H54Cl2N4O9. The number of amides is 1. The van der Waals surface area contributed by atoms with Crippen LogP contribution in [0.4, 0.5) is 5.69 Å². The molecule has 2 saturated heterocycles. The molecule has 3 saturated carbocycles. The predicted octanol–water partition coefficient (Wildman–Crippen LogP) is 5.97. The fourth-order valence-corrected chi connectivity index (χ4v) is 11.8. The Kier molecular flexibility index (Phi) is 12.4. The normalized spacial score (nSPS) is 32.6. The quantitative estimate of drug-likeness (QED) is 0.261. The molecule has 62 heavy (non-hydrogen) atoms. The van der Waals surface area contributed by atoms with Gasteiger partial charge in [0.1, 0.15) is 36.5 Å². The number of fused-ring (bicyclic) bond motifs is 5. The molecule has 3 aromatic rings. The van der Waals surface area contributed by atoms with E-state index in [0.717, 1.165) is 56.0 Å². The minimum atomic E-state index is -1.62. The Morgan fingerprint density at radius 3 is 2.47 bits per heavy atom. The first-order valence-electron chi connectivity index (χ1n) is 21.4. The van der Waals surface area contributed by atoms with Crippen molar-refractivity contribution in [1.29, 1.82) is 0 Å². The summed E-state index contributed by atoms with van der Waals surface area (Å²) >= 11 is 12.7. The highest BCUT2D eigenvalue weighted by Gasteiger charge is 2.68. The van der Waals surface area contributed by atoms with E-state index in [9.17, 15) is 29.4 Å². The van der Waals surface area contributed by atoms with Crippen LogP contribution in [0.3, 0.4) is 0 Å². The first kappa shape index (κ1) is 44.2. The topological polar surface area (TPSA) is 161 Å². The Labute approximate surface area is 371 Å². The van der Waals surface area contributed by atoms with Crippen molar-refractivity contribution >= 4 is 52.1 Å². The number of rotatable bonds is 9. The van der Waals surface area contributed by atoms with Gasteiger partial charge in [-0.05, 0) is 86.1 Å². The third kappa shape index (κ3) is 8.05. The number of halogens is 2. The number of Topliss-reactive ketones (excluding diaryl/α,β-unsaturated/α-hetero) is 2. The molecule has 8 atom stereocenters. The van der Waals surface area contributed by atoms with Crippen molar-refractivity contribution in [2.75, 3.05) is 50.9 Å². The Morgan fingerprint density at radius 2 is 1.79 bits per heavy atom. The zero-order valence-corrected chi connectivity index (χ0v) is 36.8. The van der Waals surface area contributed by atoms with E-state index in [2.05, 4.69) is 9.88 Å². The lowest BCUT2D eigenvalue weighted by molar-refractivity contribution is -0.189. The molecule has 13 nitrogen and oxygen atoms in total. The van der Waals surface area contributed by atoms with Crippen LogP contribution in [0.5, 0.6) is 5.75 Å². The Hall–Kier alpha value is -4.37. The number of aromatic nitrogens is 2. The second-order valence-electron chi connectivity index (χ2n) is 18.0. The summed E-state index contributed by atoms with van der Waals surface area (Å²) in [6.07, 6.45) is 12.8. The van der Waals surface area contributed by atoms with Crippen molar-refractivity contribution in [2.24, 2.45) is 28.6 Å². The van der Waals surface area contributed by atoms with E-state index in [0.29, 0.717) is 48.2 Å². The van der Waals surface area contributed by atoms with E-state index in [-0.39, 0.29) is 47.8 Å². The highest BCUT2D eigenvalue weighted by molar-refractivity contribution is 6.35. The number of benzene rings is 2. The maximum absolute atomic E-state index is 13.3. The molecule has 2 aliphatic heterocycles. The van der Waals surface area contributed by atoms with Crippen LogP contribution in [0.1, 0.15) is 58.4 Å². The molecule has 2 N–H and O–H groups in total. The number of imidazole rings is 1. The van der Waals surface area contributed by atoms with E-state index in [1.54, 1.807) is 43.7 Å². The number of hydrogen-bond acceptors (Lipinski definition) is 11. The smallest absolute Gasteiger partial charge is 0.219 e. The molecule has 3 heterocycles. The van der Waals surface area contributed by atoms with Gasteiger partial charge in [0, 0.05) is 84.9 Å². The fourth-order valence-electron chi connectivity index (χ4n) is 11.2. The summed E-state index contributed by atoms with van der Waals surface area (Å²) in [6.45, 7) is 8.99. The molecule has 0 spiro atoms. The first-order chi connectivity index (χ1) is 29.6. The highest BCUT2D eigenvalue weighted by Crippen LogP contribution is 2.66. The average molecular weight is 890 g/mol. The SMILES string of the molecule is CC(=O)N1CCN(c2ccc(OC[C@H]3CO[C@](Cn4ccnc4)(c4ccc(Cl)cc4Cl)O3)cc2)CC1.C[C@]12C=CC(=O)C=C1CC[C@@H]1[C@@H]2C(=O)C[C@@]2(C)[C@H]1CC[C@]2(O)C(=O)CO.